The molecule has 0 saturated heterocycles. The average molecular weight is 176 g/mol. The SMILES string of the molecule is CC1=CC=C/C(=C/N=O)CC=C1N. The van der Waals surface area contributed by atoms with E-state index in [1.165, 1.54) is 6.20 Å². The Hall–Kier alpha value is -1.64. The van der Waals surface area contributed by atoms with Gasteiger partial charge < -0.3 is 5.73 Å². The summed E-state index contributed by atoms with van der Waals surface area (Å²) in [6.07, 6.45) is 9.46. The number of hydrogen-bond donors (Lipinski definition) is 1. The second-order valence-corrected chi connectivity index (χ2v) is 2.88. The van der Waals surface area contributed by atoms with Gasteiger partial charge in [-0.2, -0.15) is 0 Å². The van der Waals surface area contributed by atoms with E-state index in [0.717, 1.165) is 16.8 Å². The van der Waals surface area contributed by atoms with Crippen LogP contribution in [0.1, 0.15) is 13.3 Å². The Morgan fingerprint density at radius 1 is 1.62 bits per heavy atom. The molecule has 1 aliphatic carbocycles. The van der Waals surface area contributed by atoms with Gasteiger partial charge in [0.2, 0.25) is 0 Å². The maximum absolute atomic E-state index is 9.99. The van der Waals surface area contributed by atoms with Gasteiger partial charge >= 0.3 is 0 Å². The third-order valence-corrected chi connectivity index (χ3v) is 1.89. The standard InChI is InChI=1S/C10H12N2O/c1-8-3-2-4-9(7-12-13)5-6-10(8)11/h2-4,6-7H,5,11H2,1H3/b4-2?,8-3?,9-7-,10-6?. The van der Waals surface area contributed by atoms with E-state index in [4.69, 9.17) is 5.73 Å². The van der Waals surface area contributed by atoms with Gasteiger partial charge in [-0.3, -0.25) is 0 Å². The molecule has 0 atom stereocenters. The molecule has 0 amide bonds. The summed E-state index contributed by atoms with van der Waals surface area (Å²) in [6.45, 7) is 1.95. The molecule has 0 heterocycles. The quantitative estimate of drug-likeness (QED) is 0.623. The third kappa shape index (κ3) is 2.71. The molecule has 0 fully saturated rings. The van der Waals surface area contributed by atoms with Gasteiger partial charge in [0.15, 0.2) is 0 Å². The number of nitrogens with zero attached hydrogens (tertiary/aromatic N) is 1. The fourth-order valence-corrected chi connectivity index (χ4v) is 1.03. The molecular weight excluding hydrogens is 164 g/mol. The van der Waals surface area contributed by atoms with Crippen LogP contribution in [-0.2, 0) is 0 Å². The molecule has 3 nitrogen and oxygen atoms in total. The number of allylic oxidation sites excluding steroid dienone is 6. The number of rotatable bonds is 1. The second-order valence-electron chi connectivity index (χ2n) is 2.88. The molecule has 0 radical (unpaired) electrons. The Balaban J connectivity index is 2.94. The molecule has 0 aliphatic heterocycles. The van der Waals surface area contributed by atoms with Gasteiger partial charge in [-0.05, 0) is 29.7 Å². The first kappa shape index (κ1) is 9.45. The van der Waals surface area contributed by atoms with Crippen molar-refractivity contribution >= 4 is 0 Å². The lowest BCUT2D eigenvalue weighted by molar-refractivity contribution is 1.17. The van der Waals surface area contributed by atoms with E-state index in [0.29, 0.717) is 6.42 Å². The zero-order valence-corrected chi connectivity index (χ0v) is 7.53. The lowest BCUT2D eigenvalue weighted by atomic mass is 10.1. The summed E-state index contributed by atoms with van der Waals surface area (Å²) < 4.78 is 0. The van der Waals surface area contributed by atoms with Crippen molar-refractivity contribution in [1.29, 1.82) is 0 Å². The van der Waals surface area contributed by atoms with Crippen molar-refractivity contribution in [3.05, 3.63) is 52.3 Å². The van der Waals surface area contributed by atoms with E-state index >= 15 is 0 Å². The molecule has 0 aromatic heterocycles. The maximum atomic E-state index is 9.99. The normalized spacial score (nSPS) is 20.2. The predicted molar refractivity (Wildman–Crippen MR) is 53.7 cm³/mol. The molecule has 0 aromatic rings. The topological polar surface area (TPSA) is 55.5 Å². The molecular formula is C10H12N2O. The summed E-state index contributed by atoms with van der Waals surface area (Å²) >= 11 is 0. The van der Waals surface area contributed by atoms with E-state index in [-0.39, 0.29) is 0 Å². The Morgan fingerprint density at radius 2 is 2.38 bits per heavy atom. The lowest BCUT2D eigenvalue weighted by Crippen LogP contribution is -1.99. The Kier molecular flexibility index (Phi) is 3.20. The molecule has 0 aromatic carbocycles. The monoisotopic (exact) mass is 176 g/mol. The molecule has 13 heavy (non-hydrogen) atoms. The highest BCUT2D eigenvalue weighted by molar-refractivity contribution is 5.36. The van der Waals surface area contributed by atoms with Crippen LogP contribution in [0.15, 0.2) is 52.5 Å². The molecule has 1 aliphatic rings. The highest BCUT2D eigenvalue weighted by Crippen LogP contribution is 2.13. The maximum Gasteiger partial charge on any atom is 0.0750 e. The zero-order valence-electron chi connectivity index (χ0n) is 7.53. The summed E-state index contributed by atoms with van der Waals surface area (Å²) in [6, 6.07) is 0. The summed E-state index contributed by atoms with van der Waals surface area (Å²) in [5.41, 5.74) is 8.38. The first-order valence-electron chi connectivity index (χ1n) is 4.06. The van der Waals surface area contributed by atoms with Crippen molar-refractivity contribution in [2.24, 2.45) is 10.9 Å². The summed E-state index contributed by atoms with van der Waals surface area (Å²) in [5.74, 6) is 0. The van der Waals surface area contributed by atoms with Gasteiger partial charge in [-0.1, -0.05) is 24.3 Å². The molecule has 0 unspecified atom stereocenters. The van der Waals surface area contributed by atoms with Crippen LogP contribution in [0.5, 0.6) is 0 Å². The molecule has 3 heteroatoms. The van der Waals surface area contributed by atoms with E-state index < -0.39 is 0 Å². The predicted octanol–water partition coefficient (Wildman–Crippen LogP) is 2.39. The number of hydrogen-bond acceptors (Lipinski definition) is 3. The van der Waals surface area contributed by atoms with Gasteiger partial charge in [0.05, 0.1) is 6.20 Å². The number of nitroso groups, excluding NO2 is 1. The van der Waals surface area contributed by atoms with Crippen molar-refractivity contribution in [3.8, 4) is 0 Å². The fourth-order valence-electron chi connectivity index (χ4n) is 1.03. The van der Waals surface area contributed by atoms with E-state index in [1.54, 1.807) is 0 Å². The van der Waals surface area contributed by atoms with Crippen LogP contribution in [-0.4, -0.2) is 0 Å². The number of nitrogens with two attached hydrogens (primary N) is 1. The first-order valence-corrected chi connectivity index (χ1v) is 4.06. The van der Waals surface area contributed by atoms with Gasteiger partial charge in [0, 0.05) is 5.70 Å². The molecule has 0 saturated carbocycles. The zero-order chi connectivity index (χ0) is 9.68. The fraction of sp³-hybridized carbons (Fsp3) is 0.200. The van der Waals surface area contributed by atoms with Crippen LogP contribution in [0.3, 0.4) is 0 Å². The van der Waals surface area contributed by atoms with Crippen LogP contribution in [0.25, 0.3) is 0 Å². The minimum atomic E-state index is 0.652. The largest absolute Gasteiger partial charge is 0.399 e. The molecule has 0 bridgehead atoms. The summed E-state index contributed by atoms with van der Waals surface area (Å²) in [5, 5.41) is 2.72. The van der Waals surface area contributed by atoms with Crippen LogP contribution < -0.4 is 5.73 Å². The smallest absolute Gasteiger partial charge is 0.0750 e. The van der Waals surface area contributed by atoms with Crippen molar-refractivity contribution in [2.45, 2.75) is 13.3 Å². The highest BCUT2D eigenvalue weighted by Gasteiger charge is 1.97. The Labute approximate surface area is 77.3 Å². The Morgan fingerprint density at radius 3 is 3.08 bits per heavy atom. The molecule has 0 spiro atoms. The highest BCUT2D eigenvalue weighted by atomic mass is 16.2. The van der Waals surface area contributed by atoms with E-state index in [1.807, 2.05) is 31.2 Å². The van der Waals surface area contributed by atoms with Crippen LogP contribution in [0, 0.1) is 4.91 Å². The van der Waals surface area contributed by atoms with Gasteiger partial charge in [-0.25, -0.2) is 0 Å². The minimum absolute atomic E-state index is 0.652. The second kappa shape index (κ2) is 4.40. The van der Waals surface area contributed by atoms with Crippen LogP contribution in [0.4, 0.5) is 0 Å². The lowest BCUT2D eigenvalue weighted by Gasteiger charge is -2.04. The molecule has 1 rings (SSSR count). The first-order chi connectivity index (χ1) is 6.24. The van der Waals surface area contributed by atoms with Crippen LogP contribution >= 0.6 is 0 Å². The van der Waals surface area contributed by atoms with Gasteiger partial charge in [0.25, 0.3) is 0 Å². The van der Waals surface area contributed by atoms with Crippen LogP contribution in [0.2, 0.25) is 0 Å². The van der Waals surface area contributed by atoms with Crippen molar-refractivity contribution in [2.75, 3.05) is 0 Å². The van der Waals surface area contributed by atoms with Gasteiger partial charge in [0.1, 0.15) is 0 Å². The van der Waals surface area contributed by atoms with E-state index in [2.05, 4.69) is 5.18 Å². The molecule has 2 N–H and O–H groups in total. The van der Waals surface area contributed by atoms with Crippen molar-refractivity contribution in [1.82, 2.24) is 0 Å². The average Bonchev–Trinajstić information content (AvgIpc) is 2.11. The van der Waals surface area contributed by atoms with E-state index in [9.17, 15) is 4.91 Å². The summed E-state index contributed by atoms with van der Waals surface area (Å²) in [4.78, 5) is 9.99. The summed E-state index contributed by atoms with van der Waals surface area (Å²) in [7, 11) is 0. The van der Waals surface area contributed by atoms with Gasteiger partial charge in [-0.15, -0.1) is 4.91 Å². The minimum Gasteiger partial charge on any atom is -0.399 e. The Bertz CT molecular complexity index is 322. The third-order valence-electron chi connectivity index (χ3n) is 1.89. The van der Waals surface area contributed by atoms with Crippen molar-refractivity contribution < 1.29 is 0 Å². The van der Waals surface area contributed by atoms with Crippen molar-refractivity contribution in [3.63, 3.8) is 0 Å². The molecule has 68 valence electrons.